The van der Waals surface area contributed by atoms with Gasteiger partial charge in [0.15, 0.2) is 11.6 Å². The van der Waals surface area contributed by atoms with E-state index < -0.39 is 29.8 Å². The van der Waals surface area contributed by atoms with Gasteiger partial charge in [0, 0.05) is 57.1 Å². The molecular weight excluding hydrogens is 728 g/mol. The van der Waals surface area contributed by atoms with Crippen LogP contribution >= 0.6 is 0 Å². The third kappa shape index (κ3) is 12.5. The molecule has 15 nitrogen and oxygen atoms in total. The molecule has 0 unspecified atom stereocenters. The molecule has 55 heavy (non-hydrogen) atoms. The number of hydrogen-bond acceptors (Lipinski definition) is 10. The van der Waals surface area contributed by atoms with Crippen LogP contribution in [-0.4, -0.2) is 81.7 Å². The Morgan fingerprint density at radius 2 is 1.36 bits per heavy atom. The Morgan fingerprint density at radius 1 is 0.873 bits per heavy atom. The van der Waals surface area contributed by atoms with E-state index in [-0.39, 0.29) is 63.6 Å². The number of pyridine rings is 2. The van der Waals surface area contributed by atoms with E-state index in [0.29, 0.717) is 41.4 Å². The molecule has 4 aromatic rings. The van der Waals surface area contributed by atoms with Gasteiger partial charge in [-0.05, 0) is 87.1 Å². The van der Waals surface area contributed by atoms with Crippen LogP contribution in [0, 0.1) is 13.8 Å². The molecule has 296 valence electrons. The van der Waals surface area contributed by atoms with E-state index >= 15 is 0 Å². The minimum atomic E-state index is -2.71. The van der Waals surface area contributed by atoms with Gasteiger partial charge in [-0.3, -0.25) is 9.69 Å². The molecule has 0 saturated heterocycles. The molecule has 0 atom stereocenters. The number of nitrogens with one attached hydrogen (secondary N) is 1. The number of aliphatic hydroxyl groups is 2. The molecule has 2 aliphatic carbocycles. The largest absolute Gasteiger partial charge is 0.392 e. The van der Waals surface area contributed by atoms with Crippen molar-refractivity contribution in [2.75, 3.05) is 10.2 Å². The minimum absolute atomic E-state index is 0.0247. The van der Waals surface area contributed by atoms with Crippen LogP contribution in [0.1, 0.15) is 80.8 Å². The zero-order valence-electron chi connectivity index (χ0n) is 30.6. The Balaban J connectivity index is 0.000000214. The lowest BCUT2D eigenvalue weighted by atomic mass is 9.91. The number of halogens is 4. The summed E-state index contributed by atoms with van der Waals surface area (Å²) in [5.74, 6) is -3.96. The molecule has 19 heteroatoms. The summed E-state index contributed by atoms with van der Waals surface area (Å²) in [5.41, 5.74) is 8.39. The highest BCUT2D eigenvalue weighted by Crippen LogP contribution is 2.37. The average molecular weight is 773 g/mol. The summed E-state index contributed by atoms with van der Waals surface area (Å²) in [5, 5.41) is 30.8. The molecule has 5 N–H and O–H groups in total. The number of aliphatic imine (C=N–C) groups is 1. The summed E-state index contributed by atoms with van der Waals surface area (Å²) >= 11 is 0. The molecule has 0 aromatic carbocycles. The number of aryl methyl sites for hydroxylation is 2. The number of primary amides is 1. The number of isocyanates is 1. The maximum absolute atomic E-state index is 13.5. The van der Waals surface area contributed by atoms with Crippen molar-refractivity contribution in [3.63, 3.8) is 0 Å². The number of aliphatic hydroxyl groups excluding tert-OH is 2. The number of alkyl halides is 4. The van der Waals surface area contributed by atoms with E-state index in [0.717, 1.165) is 17.5 Å². The highest BCUT2D eigenvalue weighted by molar-refractivity contribution is 5.90. The number of nitrogens with zero attached hydrogens (tertiary/aromatic N) is 8. The molecular formula is C36H44F4N10O5. The number of urea groups is 1. The second-order valence-electron chi connectivity index (χ2n) is 13.3. The first kappa shape index (κ1) is 42.2. The van der Waals surface area contributed by atoms with Gasteiger partial charge in [0.05, 0.1) is 24.6 Å². The van der Waals surface area contributed by atoms with Crippen molar-refractivity contribution in [1.82, 2.24) is 29.5 Å². The van der Waals surface area contributed by atoms with E-state index in [2.05, 4.69) is 30.5 Å². The van der Waals surface area contributed by atoms with Crippen molar-refractivity contribution in [3.05, 3.63) is 71.3 Å². The first-order chi connectivity index (χ1) is 26.0. The van der Waals surface area contributed by atoms with Crippen LogP contribution in [0.15, 0.2) is 53.8 Å². The number of aromatic nitrogens is 6. The lowest BCUT2D eigenvalue weighted by molar-refractivity contribution is -0.115. The molecule has 4 aromatic heterocycles. The Labute approximate surface area is 314 Å². The van der Waals surface area contributed by atoms with E-state index in [4.69, 9.17) is 10.5 Å². The molecule has 2 fully saturated rings. The standard InChI is InChI=1S/C17H21F2N5O2.C16H20F2N4O.C3H3NO2/c1-11-4-7-23(22-11)14-8-12(10-25)9-15(21-14)24(16(20)26)13-2-5-17(18,19)6-3-13;1-11-4-7-22(21-11)15-9-12(10-23)8-14(20-15)19-13-2-5-16(17,18)6-3-13;1-3(6)4-2-5/h4,7-9,13,25H,2-3,5-6,10H2,1H3,(H2,20,26);4,7-9,13,23H,2-3,5-6,10H2,1H3,(H,19,20);1H3. The third-order valence-electron chi connectivity index (χ3n) is 8.82. The van der Waals surface area contributed by atoms with Gasteiger partial charge >= 0.3 is 6.03 Å². The van der Waals surface area contributed by atoms with Gasteiger partial charge in [-0.1, -0.05) is 0 Å². The van der Waals surface area contributed by atoms with Crippen LogP contribution < -0.4 is 16.0 Å². The fraction of sp³-hybridized carbons (Fsp3) is 0.472. The highest BCUT2D eigenvalue weighted by Gasteiger charge is 2.39. The van der Waals surface area contributed by atoms with E-state index in [1.165, 1.54) is 22.6 Å². The highest BCUT2D eigenvalue weighted by atomic mass is 19.3. The predicted octanol–water partition coefficient (Wildman–Crippen LogP) is 5.46. The SMILES string of the molecule is CC(=O)N=C=O.Cc1ccn(-c2cc(CO)cc(N(C(N)=O)C3CCC(F)(F)CC3)n2)n1.Cc1ccn(-c2cc(CO)cc(NC3CCC(F)(F)CC3)n2)n1. The smallest absolute Gasteiger partial charge is 0.320 e. The van der Waals surface area contributed by atoms with Gasteiger partial charge in [-0.2, -0.15) is 10.2 Å². The molecule has 6 rings (SSSR count). The van der Waals surface area contributed by atoms with Gasteiger partial charge in [0.1, 0.15) is 11.6 Å². The van der Waals surface area contributed by atoms with Gasteiger partial charge in [-0.15, -0.1) is 4.99 Å². The summed E-state index contributed by atoms with van der Waals surface area (Å²) in [6.07, 6.45) is 4.89. The van der Waals surface area contributed by atoms with Crippen molar-refractivity contribution >= 4 is 29.7 Å². The topological polar surface area (TPSA) is 207 Å². The molecule has 0 radical (unpaired) electrons. The summed E-state index contributed by atoms with van der Waals surface area (Å²) in [6.45, 7) is 4.51. The zero-order chi connectivity index (χ0) is 40.3. The van der Waals surface area contributed by atoms with Crippen LogP contribution in [0.3, 0.4) is 0 Å². The first-order valence-corrected chi connectivity index (χ1v) is 17.5. The second kappa shape index (κ2) is 18.7. The molecule has 0 bridgehead atoms. The Hall–Kier alpha value is -5.52. The number of hydrogen-bond donors (Lipinski definition) is 4. The van der Waals surface area contributed by atoms with Crippen LogP contribution in [0.2, 0.25) is 0 Å². The van der Waals surface area contributed by atoms with Crippen molar-refractivity contribution in [1.29, 1.82) is 0 Å². The number of carbonyl (C=O) groups excluding carboxylic acids is 3. The molecule has 2 aliphatic rings. The van der Waals surface area contributed by atoms with Gasteiger partial charge in [-0.25, -0.2) is 46.5 Å². The Bertz CT molecular complexity index is 1960. The van der Waals surface area contributed by atoms with Crippen LogP contribution in [0.5, 0.6) is 0 Å². The number of rotatable bonds is 8. The summed E-state index contributed by atoms with van der Waals surface area (Å²) < 4.78 is 56.5. The van der Waals surface area contributed by atoms with E-state index in [1.54, 1.807) is 41.3 Å². The Kier molecular flexibility index (Phi) is 14.3. The molecule has 0 spiro atoms. The fourth-order valence-corrected chi connectivity index (χ4v) is 6.05. The number of carbonyl (C=O) groups is 2. The van der Waals surface area contributed by atoms with E-state index in [9.17, 15) is 37.4 Å². The predicted molar refractivity (Wildman–Crippen MR) is 193 cm³/mol. The monoisotopic (exact) mass is 772 g/mol. The quantitative estimate of drug-likeness (QED) is 0.101. The lowest BCUT2D eigenvalue weighted by Crippen LogP contribution is -2.47. The lowest BCUT2D eigenvalue weighted by Gasteiger charge is -2.35. The minimum Gasteiger partial charge on any atom is -0.392 e. The molecule has 2 saturated carbocycles. The van der Waals surface area contributed by atoms with Gasteiger partial charge < -0.3 is 21.3 Å². The normalized spacial score (nSPS) is 16.4. The summed E-state index contributed by atoms with van der Waals surface area (Å²) in [6, 6.07) is 9.10. The van der Waals surface area contributed by atoms with Crippen molar-refractivity contribution < 1.29 is 42.2 Å². The van der Waals surface area contributed by atoms with Crippen LogP contribution in [0.25, 0.3) is 11.6 Å². The van der Waals surface area contributed by atoms with Gasteiger partial charge in [0.2, 0.25) is 17.9 Å². The van der Waals surface area contributed by atoms with Crippen molar-refractivity contribution in [2.45, 2.75) is 109 Å². The maximum atomic E-state index is 13.5. The summed E-state index contributed by atoms with van der Waals surface area (Å²) in [4.78, 5) is 43.6. The number of nitrogens with two attached hydrogens (primary N) is 1. The number of anilines is 2. The zero-order valence-corrected chi connectivity index (χ0v) is 30.6. The summed E-state index contributed by atoms with van der Waals surface area (Å²) in [7, 11) is 0. The van der Waals surface area contributed by atoms with Crippen LogP contribution in [-0.2, 0) is 22.8 Å². The second-order valence-corrected chi connectivity index (χ2v) is 13.3. The van der Waals surface area contributed by atoms with Crippen molar-refractivity contribution in [3.8, 4) is 11.6 Å². The third-order valence-corrected chi connectivity index (χ3v) is 8.82. The molecule has 0 aliphatic heterocycles. The first-order valence-electron chi connectivity index (χ1n) is 17.5. The number of amides is 3. The Morgan fingerprint density at radius 3 is 1.78 bits per heavy atom. The average Bonchev–Trinajstić information content (AvgIpc) is 3.78. The molecule has 3 amide bonds. The fourth-order valence-electron chi connectivity index (χ4n) is 6.05. The molecule has 4 heterocycles. The maximum Gasteiger partial charge on any atom is 0.320 e. The van der Waals surface area contributed by atoms with Crippen LogP contribution in [0.4, 0.5) is 34.0 Å². The van der Waals surface area contributed by atoms with Crippen molar-refractivity contribution in [2.24, 2.45) is 10.7 Å². The van der Waals surface area contributed by atoms with E-state index in [1.807, 2.05) is 19.9 Å². The van der Waals surface area contributed by atoms with Gasteiger partial charge in [0.25, 0.3) is 5.91 Å².